The topological polar surface area (TPSA) is 85.8 Å². The van der Waals surface area contributed by atoms with Crippen molar-refractivity contribution in [3.05, 3.63) is 0 Å². The monoisotopic (exact) mass is 367 g/mol. The summed E-state index contributed by atoms with van der Waals surface area (Å²) in [4.78, 5) is 30.2. The maximum absolute atomic E-state index is 12.3. The number of hydrogen-bond acceptors (Lipinski definition) is 3. The minimum absolute atomic E-state index is 0.135. The van der Waals surface area contributed by atoms with Gasteiger partial charge in [0.1, 0.15) is 5.54 Å². The fraction of sp³-hybridized carbons (Fsp3) is 0.842. The molecule has 0 saturated carbocycles. The largest absolute Gasteiger partial charge is 0.357 e. The van der Waals surface area contributed by atoms with Crippen LogP contribution in [0, 0.1) is 5.92 Å². The van der Waals surface area contributed by atoms with Gasteiger partial charge >= 0.3 is 6.03 Å². The van der Waals surface area contributed by atoms with Crippen LogP contribution in [-0.4, -0.2) is 54.5 Å². The van der Waals surface area contributed by atoms with Crippen LogP contribution in [0.4, 0.5) is 4.79 Å². The van der Waals surface area contributed by atoms with Gasteiger partial charge < -0.3 is 16.0 Å². The standard InChI is InChI=1S/C19H37N5O2/c1-6-19(5)16(25)24(18(26)23-19)14-10-13-22-17(20-7-2)21-12-9-8-11-15(3)4/h15H,6-14H2,1-5H3,(H,23,26)(H2,20,21,22). The second kappa shape index (κ2) is 11.0. The van der Waals surface area contributed by atoms with Crippen LogP contribution in [0.25, 0.3) is 0 Å². The second-order valence-corrected chi connectivity index (χ2v) is 7.50. The zero-order valence-electron chi connectivity index (χ0n) is 17.2. The lowest BCUT2D eigenvalue weighted by molar-refractivity contribution is -0.130. The summed E-state index contributed by atoms with van der Waals surface area (Å²) in [6.45, 7) is 12.9. The van der Waals surface area contributed by atoms with Gasteiger partial charge in [-0.05, 0) is 39.0 Å². The molecule has 1 aliphatic rings. The molecule has 0 radical (unpaired) electrons. The Morgan fingerprint density at radius 2 is 1.92 bits per heavy atom. The summed E-state index contributed by atoms with van der Waals surface area (Å²) in [6.07, 6.45) is 4.84. The van der Waals surface area contributed by atoms with E-state index in [1.807, 2.05) is 13.8 Å². The predicted molar refractivity (Wildman–Crippen MR) is 106 cm³/mol. The van der Waals surface area contributed by atoms with Crippen LogP contribution in [0.5, 0.6) is 0 Å². The summed E-state index contributed by atoms with van der Waals surface area (Å²) in [5.74, 6) is 1.41. The van der Waals surface area contributed by atoms with Crippen molar-refractivity contribution < 1.29 is 9.59 Å². The van der Waals surface area contributed by atoms with Crippen molar-refractivity contribution in [2.75, 3.05) is 26.2 Å². The first-order valence-corrected chi connectivity index (χ1v) is 10.00. The molecule has 1 aliphatic heterocycles. The third-order valence-corrected chi connectivity index (χ3v) is 4.71. The fourth-order valence-corrected chi connectivity index (χ4v) is 2.84. The maximum atomic E-state index is 12.3. The molecule has 0 bridgehead atoms. The summed E-state index contributed by atoms with van der Waals surface area (Å²) in [7, 11) is 0. The minimum Gasteiger partial charge on any atom is -0.357 e. The van der Waals surface area contributed by atoms with Crippen molar-refractivity contribution in [2.24, 2.45) is 10.9 Å². The molecule has 3 amide bonds. The SMILES string of the molecule is CCNC(=NCCCN1C(=O)NC(C)(CC)C1=O)NCCCCC(C)C. The quantitative estimate of drug-likeness (QED) is 0.227. The molecule has 3 N–H and O–H groups in total. The van der Waals surface area contributed by atoms with Crippen LogP contribution >= 0.6 is 0 Å². The molecule has 1 rings (SSSR count). The average Bonchev–Trinajstić information content (AvgIpc) is 2.81. The highest BCUT2D eigenvalue weighted by Gasteiger charge is 2.45. The predicted octanol–water partition coefficient (Wildman–Crippen LogP) is 2.48. The Kier molecular flexibility index (Phi) is 9.44. The summed E-state index contributed by atoms with van der Waals surface area (Å²) in [5.41, 5.74) is -0.757. The molecule has 0 aromatic rings. The van der Waals surface area contributed by atoms with Gasteiger partial charge in [-0.1, -0.05) is 33.6 Å². The first-order chi connectivity index (χ1) is 12.3. The molecule has 1 atom stereocenters. The van der Waals surface area contributed by atoms with Gasteiger partial charge in [0.25, 0.3) is 5.91 Å². The van der Waals surface area contributed by atoms with Crippen molar-refractivity contribution in [3.8, 4) is 0 Å². The number of unbranched alkanes of at least 4 members (excludes halogenated alkanes) is 1. The molecule has 0 spiro atoms. The summed E-state index contributed by atoms with van der Waals surface area (Å²) in [6, 6.07) is -0.293. The lowest BCUT2D eigenvalue weighted by atomic mass is 9.99. The first kappa shape index (κ1) is 22.3. The van der Waals surface area contributed by atoms with E-state index in [0.29, 0.717) is 25.9 Å². The van der Waals surface area contributed by atoms with E-state index in [-0.39, 0.29) is 11.9 Å². The molecule has 1 unspecified atom stereocenters. The van der Waals surface area contributed by atoms with Crippen LogP contribution in [0.15, 0.2) is 4.99 Å². The summed E-state index contributed by atoms with van der Waals surface area (Å²) in [5, 5.41) is 9.35. The highest BCUT2D eigenvalue weighted by Crippen LogP contribution is 2.20. The number of carbonyl (C=O) groups is 2. The molecule has 1 heterocycles. The van der Waals surface area contributed by atoms with Crippen molar-refractivity contribution in [1.82, 2.24) is 20.9 Å². The molecule has 1 saturated heterocycles. The normalized spacial score (nSPS) is 20.7. The van der Waals surface area contributed by atoms with Gasteiger partial charge in [-0.25, -0.2) is 4.79 Å². The lowest BCUT2D eigenvalue weighted by Crippen LogP contribution is -2.43. The lowest BCUT2D eigenvalue weighted by Gasteiger charge is -2.19. The van der Waals surface area contributed by atoms with Crippen LogP contribution in [-0.2, 0) is 4.79 Å². The first-order valence-electron chi connectivity index (χ1n) is 10.00. The van der Waals surface area contributed by atoms with Crippen LogP contribution < -0.4 is 16.0 Å². The Balaban J connectivity index is 2.36. The number of nitrogens with one attached hydrogen (secondary N) is 3. The molecule has 1 fully saturated rings. The Morgan fingerprint density at radius 1 is 1.19 bits per heavy atom. The van der Waals surface area contributed by atoms with Gasteiger partial charge in [0.15, 0.2) is 5.96 Å². The fourth-order valence-electron chi connectivity index (χ4n) is 2.84. The van der Waals surface area contributed by atoms with E-state index in [2.05, 4.69) is 34.8 Å². The number of amides is 3. The van der Waals surface area contributed by atoms with Gasteiger partial charge in [-0.3, -0.25) is 14.7 Å². The molecule has 26 heavy (non-hydrogen) atoms. The number of hydrogen-bond donors (Lipinski definition) is 3. The van der Waals surface area contributed by atoms with E-state index < -0.39 is 5.54 Å². The zero-order valence-corrected chi connectivity index (χ0v) is 17.2. The molecule has 0 aromatic heterocycles. The van der Waals surface area contributed by atoms with Gasteiger partial charge in [0, 0.05) is 26.2 Å². The van der Waals surface area contributed by atoms with E-state index in [1.54, 1.807) is 6.92 Å². The van der Waals surface area contributed by atoms with E-state index in [0.717, 1.165) is 31.4 Å². The Labute approximate surface area is 158 Å². The van der Waals surface area contributed by atoms with E-state index in [1.165, 1.54) is 17.7 Å². The molecule has 0 aromatic carbocycles. The summed E-state index contributed by atoms with van der Waals surface area (Å²) >= 11 is 0. The highest BCUT2D eigenvalue weighted by molar-refractivity contribution is 6.06. The van der Waals surface area contributed by atoms with E-state index >= 15 is 0 Å². The smallest absolute Gasteiger partial charge is 0.325 e. The van der Waals surface area contributed by atoms with Crippen molar-refractivity contribution in [3.63, 3.8) is 0 Å². The molecular weight excluding hydrogens is 330 g/mol. The third kappa shape index (κ3) is 6.84. The van der Waals surface area contributed by atoms with E-state index in [9.17, 15) is 9.59 Å². The molecular formula is C19H37N5O2. The number of urea groups is 1. The van der Waals surface area contributed by atoms with Crippen LogP contribution in [0.2, 0.25) is 0 Å². The molecule has 7 heteroatoms. The van der Waals surface area contributed by atoms with Gasteiger partial charge in [0.2, 0.25) is 0 Å². The van der Waals surface area contributed by atoms with Crippen LogP contribution in [0.1, 0.15) is 66.7 Å². The van der Waals surface area contributed by atoms with Crippen molar-refractivity contribution >= 4 is 17.9 Å². The highest BCUT2D eigenvalue weighted by atomic mass is 16.2. The Morgan fingerprint density at radius 3 is 2.50 bits per heavy atom. The van der Waals surface area contributed by atoms with Gasteiger partial charge in [-0.15, -0.1) is 0 Å². The Hall–Kier alpha value is -1.79. The second-order valence-electron chi connectivity index (χ2n) is 7.50. The molecule has 7 nitrogen and oxygen atoms in total. The van der Waals surface area contributed by atoms with Crippen molar-refractivity contribution in [2.45, 2.75) is 72.3 Å². The maximum Gasteiger partial charge on any atom is 0.325 e. The van der Waals surface area contributed by atoms with Gasteiger partial charge in [0.05, 0.1) is 0 Å². The van der Waals surface area contributed by atoms with Crippen molar-refractivity contribution in [1.29, 1.82) is 0 Å². The van der Waals surface area contributed by atoms with E-state index in [4.69, 9.17) is 0 Å². The number of imide groups is 1. The zero-order chi connectivity index (χ0) is 19.6. The average molecular weight is 368 g/mol. The summed E-state index contributed by atoms with van der Waals surface area (Å²) < 4.78 is 0. The number of aliphatic imine (C=N–C) groups is 1. The number of nitrogens with zero attached hydrogens (tertiary/aromatic N) is 2. The number of rotatable bonds is 11. The minimum atomic E-state index is -0.757. The number of carbonyl (C=O) groups excluding carboxylic acids is 2. The Bertz CT molecular complexity index is 492. The molecule has 150 valence electrons. The van der Waals surface area contributed by atoms with Crippen LogP contribution in [0.3, 0.4) is 0 Å². The van der Waals surface area contributed by atoms with Gasteiger partial charge in [-0.2, -0.15) is 0 Å². The molecule has 0 aliphatic carbocycles. The third-order valence-electron chi connectivity index (χ3n) is 4.71. The number of guanidine groups is 1.